The summed E-state index contributed by atoms with van der Waals surface area (Å²) in [4.78, 5) is 2.76. The SMILES string of the molecule is CC(N=[N+]=[N-])c1ccccc1Br. The number of halogens is 1. The van der Waals surface area contributed by atoms with Crippen LogP contribution in [-0.4, -0.2) is 0 Å². The molecule has 1 unspecified atom stereocenters. The Morgan fingerprint density at radius 1 is 1.50 bits per heavy atom. The van der Waals surface area contributed by atoms with Gasteiger partial charge in [0.05, 0.1) is 6.04 Å². The zero-order valence-electron chi connectivity index (χ0n) is 6.61. The number of benzene rings is 1. The summed E-state index contributed by atoms with van der Waals surface area (Å²) in [6, 6.07) is 7.59. The van der Waals surface area contributed by atoms with Crippen LogP contribution in [0.15, 0.2) is 33.9 Å². The molecule has 0 aliphatic rings. The minimum Gasteiger partial charge on any atom is -0.0862 e. The van der Waals surface area contributed by atoms with Crippen molar-refractivity contribution in [3.63, 3.8) is 0 Å². The second kappa shape index (κ2) is 4.14. The fourth-order valence-corrected chi connectivity index (χ4v) is 1.57. The monoisotopic (exact) mass is 225 g/mol. The third kappa shape index (κ3) is 2.00. The van der Waals surface area contributed by atoms with Gasteiger partial charge < -0.3 is 0 Å². The molecule has 1 aromatic rings. The first kappa shape index (κ1) is 9.10. The molecule has 0 amide bonds. The summed E-state index contributed by atoms with van der Waals surface area (Å²) >= 11 is 3.38. The predicted octanol–water partition coefficient (Wildman–Crippen LogP) is 3.82. The molecule has 0 saturated carbocycles. The van der Waals surface area contributed by atoms with E-state index in [0.717, 1.165) is 10.0 Å². The molecule has 0 aliphatic carbocycles. The fourth-order valence-electron chi connectivity index (χ4n) is 0.954. The molecule has 62 valence electrons. The van der Waals surface area contributed by atoms with E-state index in [4.69, 9.17) is 5.53 Å². The maximum atomic E-state index is 8.23. The van der Waals surface area contributed by atoms with Crippen molar-refractivity contribution in [1.29, 1.82) is 0 Å². The quantitative estimate of drug-likeness (QED) is 0.418. The Morgan fingerprint density at radius 3 is 2.75 bits per heavy atom. The third-order valence-corrected chi connectivity index (χ3v) is 2.30. The van der Waals surface area contributed by atoms with Crippen molar-refractivity contribution in [2.75, 3.05) is 0 Å². The lowest BCUT2D eigenvalue weighted by molar-refractivity contribution is 0.803. The summed E-state index contributed by atoms with van der Waals surface area (Å²) in [6.07, 6.45) is 0. The standard InChI is InChI=1S/C8H8BrN3/c1-6(11-12-10)7-4-2-3-5-8(7)9/h2-6H,1H3. The van der Waals surface area contributed by atoms with Gasteiger partial charge in [-0.25, -0.2) is 0 Å². The van der Waals surface area contributed by atoms with E-state index in [-0.39, 0.29) is 6.04 Å². The van der Waals surface area contributed by atoms with Crippen LogP contribution in [0.2, 0.25) is 0 Å². The van der Waals surface area contributed by atoms with Crippen molar-refractivity contribution >= 4 is 15.9 Å². The van der Waals surface area contributed by atoms with Gasteiger partial charge in [-0.15, -0.1) is 0 Å². The normalized spacial score (nSPS) is 11.8. The van der Waals surface area contributed by atoms with E-state index in [1.165, 1.54) is 0 Å². The average molecular weight is 226 g/mol. The lowest BCUT2D eigenvalue weighted by Gasteiger charge is -2.06. The Hall–Kier alpha value is -0.990. The molecule has 12 heavy (non-hydrogen) atoms. The van der Waals surface area contributed by atoms with Gasteiger partial charge in [0, 0.05) is 9.38 Å². The van der Waals surface area contributed by atoms with Crippen LogP contribution in [0.25, 0.3) is 10.4 Å². The molecule has 0 fully saturated rings. The highest BCUT2D eigenvalue weighted by molar-refractivity contribution is 9.10. The molecule has 0 bridgehead atoms. The first-order valence-electron chi connectivity index (χ1n) is 3.54. The molecule has 0 spiro atoms. The Bertz CT molecular complexity index is 318. The molecule has 1 rings (SSSR count). The van der Waals surface area contributed by atoms with Crippen LogP contribution in [0, 0.1) is 0 Å². The lowest BCUT2D eigenvalue weighted by atomic mass is 10.1. The predicted molar refractivity (Wildman–Crippen MR) is 51.7 cm³/mol. The van der Waals surface area contributed by atoms with E-state index in [1.807, 2.05) is 31.2 Å². The van der Waals surface area contributed by atoms with Crippen molar-refractivity contribution in [2.24, 2.45) is 5.11 Å². The number of nitrogens with zero attached hydrogens (tertiary/aromatic N) is 3. The molecule has 3 nitrogen and oxygen atoms in total. The highest BCUT2D eigenvalue weighted by Crippen LogP contribution is 2.25. The van der Waals surface area contributed by atoms with E-state index < -0.39 is 0 Å². The van der Waals surface area contributed by atoms with E-state index >= 15 is 0 Å². The number of azide groups is 1. The van der Waals surface area contributed by atoms with Crippen LogP contribution in [0.3, 0.4) is 0 Å². The largest absolute Gasteiger partial charge is 0.0862 e. The van der Waals surface area contributed by atoms with E-state index in [1.54, 1.807) is 0 Å². The summed E-state index contributed by atoms with van der Waals surface area (Å²) < 4.78 is 0.977. The molecule has 0 radical (unpaired) electrons. The second-order valence-corrected chi connectivity index (χ2v) is 3.26. The highest BCUT2D eigenvalue weighted by atomic mass is 79.9. The van der Waals surface area contributed by atoms with Gasteiger partial charge in [-0.1, -0.05) is 46.2 Å². The average Bonchev–Trinajstić information content (AvgIpc) is 2.05. The van der Waals surface area contributed by atoms with Crippen molar-refractivity contribution in [3.05, 3.63) is 44.7 Å². The van der Waals surface area contributed by atoms with Gasteiger partial charge in [-0.2, -0.15) is 0 Å². The van der Waals surface area contributed by atoms with E-state index in [2.05, 4.69) is 26.0 Å². The van der Waals surface area contributed by atoms with E-state index in [0.29, 0.717) is 0 Å². The van der Waals surface area contributed by atoms with Gasteiger partial charge in [-0.05, 0) is 17.2 Å². The fraction of sp³-hybridized carbons (Fsp3) is 0.250. The Labute approximate surface area is 79.2 Å². The first-order chi connectivity index (χ1) is 5.75. The molecule has 4 heteroatoms. The van der Waals surface area contributed by atoms with Crippen molar-refractivity contribution < 1.29 is 0 Å². The smallest absolute Gasteiger partial charge is 0.0608 e. The van der Waals surface area contributed by atoms with Crippen LogP contribution in [0.5, 0.6) is 0 Å². The summed E-state index contributed by atoms with van der Waals surface area (Å²) in [5.41, 5.74) is 9.24. The molecular weight excluding hydrogens is 218 g/mol. The Balaban J connectivity index is 3.02. The molecule has 0 saturated heterocycles. The maximum absolute atomic E-state index is 8.23. The van der Waals surface area contributed by atoms with Crippen molar-refractivity contribution in [2.45, 2.75) is 13.0 Å². The summed E-state index contributed by atoms with van der Waals surface area (Å²) in [6.45, 7) is 1.86. The van der Waals surface area contributed by atoms with Crippen molar-refractivity contribution in [3.8, 4) is 0 Å². The zero-order valence-corrected chi connectivity index (χ0v) is 8.19. The summed E-state index contributed by atoms with van der Waals surface area (Å²) in [5.74, 6) is 0. The molecule has 0 N–H and O–H groups in total. The number of hydrogen-bond donors (Lipinski definition) is 0. The minimum absolute atomic E-state index is 0.120. The van der Waals surface area contributed by atoms with Crippen LogP contribution in [0.4, 0.5) is 0 Å². The highest BCUT2D eigenvalue weighted by Gasteiger charge is 2.04. The first-order valence-corrected chi connectivity index (χ1v) is 4.33. The number of hydrogen-bond acceptors (Lipinski definition) is 1. The zero-order chi connectivity index (χ0) is 8.97. The maximum Gasteiger partial charge on any atom is 0.0608 e. The Morgan fingerprint density at radius 2 is 2.17 bits per heavy atom. The van der Waals surface area contributed by atoms with Crippen LogP contribution < -0.4 is 0 Å². The molecule has 0 aliphatic heterocycles. The summed E-state index contributed by atoms with van der Waals surface area (Å²) in [7, 11) is 0. The van der Waals surface area contributed by atoms with Gasteiger partial charge in [0.15, 0.2) is 0 Å². The van der Waals surface area contributed by atoms with Crippen LogP contribution >= 0.6 is 15.9 Å². The third-order valence-electron chi connectivity index (χ3n) is 1.58. The molecule has 1 atom stereocenters. The van der Waals surface area contributed by atoms with Gasteiger partial charge >= 0.3 is 0 Å². The Kier molecular flexibility index (Phi) is 3.14. The summed E-state index contributed by atoms with van der Waals surface area (Å²) in [5, 5.41) is 3.61. The van der Waals surface area contributed by atoms with Crippen LogP contribution in [0.1, 0.15) is 18.5 Å². The van der Waals surface area contributed by atoms with E-state index in [9.17, 15) is 0 Å². The second-order valence-electron chi connectivity index (χ2n) is 2.40. The van der Waals surface area contributed by atoms with Gasteiger partial charge in [0.2, 0.25) is 0 Å². The van der Waals surface area contributed by atoms with Crippen LogP contribution in [-0.2, 0) is 0 Å². The van der Waals surface area contributed by atoms with Gasteiger partial charge in [-0.3, -0.25) is 0 Å². The van der Waals surface area contributed by atoms with Gasteiger partial charge in [0.25, 0.3) is 0 Å². The molecule has 0 aromatic heterocycles. The molecular formula is C8H8BrN3. The lowest BCUT2D eigenvalue weighted by Crippen LogP contribution is -1.88. The topological polar surface area (TPSA) is 48.8 Å². The number of rotatable bonds is 2. The van der Waals surface area contributed by atoms with Gasteiger partial charge in [0.1, 0.15) is 0 Å². The minimum atomic E-state index is -0.120. The molecule has 0 heterocycles. The molecule has 1 aromatic carbocycles. The van der Waals surface area contributed by atoms with Crippen molar-refractivity contribution in [1.82, 2.24) is 0 Å².